The van der Waals surface area contributed by atoms with E-state index < -0.39 is 0 Å². The summed E-state index contributed by atoms with van der Waals surface area (Å²) in [4.78, 5) is 7.23. The average molecular weight is 385 g/mol. The van der Waals surface area contributed by atoms with E-state index in [0.29, 0.717) is 24.2 Å². The minimum atomic E-state index is 0.0826. The van der Waals surface area contributed by atoms with Gasteiger partial charge in [0, 0.05) is 37.2 Å². The number of benzene rings is 2. The number of rotatable bonds is 7. The second kappa shape index (κ2) is 8.40. The van der Waals surface area contributed by atoms with Gasteiger partial charge in [0.2, 0.25) is 0 Å². The summed E-state index contributed by atoms with van der Waals surface area (Å²) < 4.78 is 2.06. The van der Waals surface area contributed by atoms with Gasteiger partial charge < -0.3 is 15.0 Å². The molecule has 2 N–H and O–H groups in total. The number of aliphatic hydroxyl groups is 1. The van der Waals surface area contributed by atoms with Crippen molar-refractivity contribution < 1.29 is 5.11 Å². The first-order chi connectivity index (χ1) is 13.2. The number of aromatic nitrogens is 2. The fourth-order valence-corrected chi connectivity index (χ4v) is 4.02. The van der Waals surface area contributed by atoms with Crippen molar-refractivity contribution in [1.82, 2.24) is 19.8 Å². The summed E-state index contributed by atoms with van der Waals surface area (Å²) in [6, 6.07) is 16.8. The highest BCUT2D eigenvalue weighted by atomic mass is 35.5. The number of imidazole rings is 1. The number of fused-ring (bicyclic) bond motifs is 1. The molecule has 1 aliphatic rings. The zero-order valence-corrected chi connectivity index (χ0v) is 16.1. The van der Waals surface area contributed by atoms with Crippen molar-refractivity contribution in [3.05, 3.63) is 64.9 Å². The molecule has 0 radical (unpaired) electrons. The highest BCUT2D eigenvalue weighted by Crippen LogP contribution is 2.21. The Morgan fingerprint density at radius 3 is 2.85 bits per heavy atom. The molecule has 0 unspecified atom stereocenters. The summed E-state index contributed by atoms with van der Waals surface area (Å²) in [7, 11) is 0. The maximum atomic E-state index is 9.44. The molecule has 0 aliphatic carbocycles. The van der Waals surface area contributed by atoms with Crippen LogP contribution in [0.25, 0.3) is 11.0 Å². The van der Waals surface area contributed by atoms with E-state index in [1.807, 2.05) is 18.2 Å². The molecule has 142 valence electrons. The van der Waals surface area contributed by atoms with Crippen molar-refractivity contribution in [2.24, 2.45) is 0 Å². The summed E-state index contributed by atoms with van der Waals surface area (Å²) in [5.74, 6) is 0.947. The van der Waals surface area contributed by atoms with Crippen LogP contribution in [0.1, 0.15) is 17.8 Å². The van der Waals surface area contributed by atoms with E-state index in [-0.39, 0.29) is 6.61 Å². The maximum absolute atomic E-state index is 9.44. The SMILES string of the molecule is OCCn1c(CN[C@@H]2CCN(Cc3ccccc3)C2)nc2ccc(Cl)cc21. The van der Waals surface area contributed by atoms with Gasteiger partial charge in [-0.3, -0.25) is 4.90 Å². The van der Waals surface area contributed by atoms with Crippen LogP contribution in [0.4, 0.5) is 0 Å². The number of likely N-dealkylation sites (tertiary alicyclic amines) is 1. The quantitative estimate of drug-likeness (QED) is 0.657. The average Bonchev–Trinajstić information content (AvgIpc) is 3.26. The standard InChI is InChI=1S/C21H25ClN4O/c22-17-6-7-19-20(12-17)26(10-11-27)21(24-19)13-23-18-8-9-25(15-18)14-16-4-2-1-3-5-16/h1-7,12,18,23,27H,8-11,13-15H2/t18-/m1/s1. The number of aliphatic hydroxyl groups excluding tert-OH is 1. The smallest absolute Gasteiger partial charge is 0.123 e. The van der Waals surface area contributed by atoms with Gasteiger partial charge in [0.15, 0.2) is 0 Å². The molecule has 4 rings (SSSR count). The van der Waals surface area contributed by atoms with Crippen molar-refractivity contribution in [3.63, 3.8) is 0 Å². The fourth-order valence-electron chi connectivity index (χ4n) is 3.85. The maximum Gasteiger partial charge on any atom is 0.123 e. The van der Waals surface area contributed by atoms with Crippen molar-refractivity contribution in [2.75, 3.05) is 19.7 Å². The van der Waals surface area contributed by atoms with Crippen molar-refractivity contribution >= 4 is 22.6 Å². The summed E-state index contributed by atoms with van der Waals surface area (Å²) in [5.41, 5.74) is 3.26. The van der Waals surface area contributed by atoms with E-state index in [9.17, 15) is 5.11 Å². The molecular formula is C21H25ClN4O. The van der Waals surface area contributed by atoms with Crippen LogP contribution in [-0.2, 0) is 19.6 Å². The van der Waals surface area contributed by atoms with Gasteiger partial charge >= 0.3 is 0 Å². The number of hydrogen-bond donors (Lipinski definition) is 2. The third kappa shape index (κ3) is 4.33. The predicted octanol–water partition coefficient (Wildman–Crippen LogP) is 3.05. The molecule has 5 nitrogen and oxygen atoms in total. The van der Waals surface area contributed by atoms with Crippen LogP contribution in [0.3, 0.4) is 0 Å². The minimum absolute atomic E-state index is 0.0826. The summed E-state index contributed by atoms with van der Waals surface area (Å²) in [5, 5.41) is 13.8. The zero-order chi connectivity index (χ0) is 18.6. The molecule has 1 aromatic heterocycles. The summed E-state index contributed by atoms with van der Waals surface area (Å²) >= 11 is 6.14. The molecular weight excluding hydrogens is 360 g/mol. The molecule has 2 heterocycles. The van der Waals surface area contributed by atoms with Crippen LogP contribution in [0.2, 0.25) is 5.02 Å². The molecule has 0 spiro atoms. The van der Waals surface area contributed by atoms with Gasteiger partial charge in [-0.2, -0.15) is 0 Å². The largest absolute Gasteiger partial charge is 0.395 e. The van der Waals surface area contributed by atoms with E-state index in [4.69, 9.17) is 16.6 Å². The van der Waals surface area contributed by atoms with Gasteiger partial charge in [0.05, 0.1) is 24.2 Å². The first-order valence-corrected chi connectivity index (χ1v) is 9.86. The van der Waals surface area contributed by atoms with Crippen molar-refractivity contribution in [1.29, 1.82) is 0 Å². The third-order valence-corrected chi connectivity index (χ3v) is 5.42. The lowest BCUT2D eigenvalue weighted by molar-refractivity contribution is 0.275. The minimum Gasteiger partial charge on any atom is -0.395 e. The highest BCUT2D eigenvalue weighted by molar-refractivity contribution is 6.31. The van der Waals surface area contributed by atoms with Crippen LogP contribution in [-0.4, -0.2) is 45.3 Å². The lowest BCUT2D eigenvalue weighted by Gasteiger charge is -2.17. The molecule has 1 fully saturated rings. The van der Waals surface area contributed by atoms with Crippen LogP contribution in [0.5, 0.6) is 0 Å². The lowest BCUT2D eigenvalue weighted by Crippen LogP contribution is -2.32. The van der Waals surface area contributed by atoms with Crippen LogP contribution >= 0.6 is 11.6 Å². The normalized spacial score (nSPS) is 17.8. The first kappa shape index (κ1) is 18.4. The van der Waals surface area contributed by atoms with Crippen LogP contribution in [0, 0.1) is 0 Å². The number of halogens is 1. The lowest BCUT2D eigenvalue weighted by atomic mass is 10.2. The van der Waals surface area contributed by atoms with E-state index in [0.717, 1.165) is 42.9 Å². The van der Waals surface area contributed by atoms with Crippen LogP contribution in [0.15, 0.2) is 48.5 Å². The molecule has 6 heteroatoms. The fraction of sp³-hybridized carbons (Fsp3) is 0.381. The predicted molar refractivity (Wildman–Crippen MR) is 109 cm³/mol. The van der Waals surface area contributed by atoms with Crippen molar-refractivity contribution in [2.45, 2.75) is 32.1 Å². The Bertz CT molecular complexity index is 896. The zero-order valence-electron chi connectivity index (χ0n) is 15.3. The van der Waals surface area contributed by atoms with Gasteiger partial charge in [0.1, 0.15) is 5.82 Å². The third-order valence-electron chi connectivity index (χ3n) is 5.18. The number of nitrogens with one attached hydrogen (secondary N) is 1. The summed E-state index contributed by atoms with van der Waals surface area (Å²) in [6.07, 6.45) is 1.14. The van der Waals surface area contributed by atoms with Gasteiger partial charge in [0.25, 0.3) is 0 Å². The Hall–Kier alpha value is -1.92. The molecule has 27 heavy (non-hydrogen) atoms. The Kier molecular flexibility index (Phi) is 5.74. The Morgan fingerprint density at radius 1 is 1.19 bits per heavy atom. The second-order valence-corrected chi connectivity index (χ2v) is 7.56. The Morgan fingerprint density at radius 2 is 2.04 bits per heavy atom. The first-order valence-electron chi connectivity index (χ1n) is 9.48. The van der Waals surface area contributed by atoms with Gasteiger partial charge in [-0.1, -0.05) is 41.9 Å². The second-order valence-electron chi connectivity index (χ2n) is 7.12. The van der Waals surface area contributed by atoms with Gasteiger partial charge in [-0.25, -0.2) is 4.98 Å². The molecule has 1 saturated heterocycles. The van der Waals surface area contributed by atoms with E-state index in [2.05, 4.69) is 45.1 Å². The molecule has 1 atom stereocenters. The highest BCUT2D eigenvalue weighted by Gasteiger charge is 2.22. The van der Waals surface area contributed by atoms with E-state index in [1.54, 1.807) is 0 Å². The van der Waals surface area contributed by atoms with E-state index in [1.165, 1.54) is 5.56 Å². The van der Waals surface area contributed by atoms with Crippen molar-refractivity contribution in [3.8, 4) is 0 Å². The van der Waals surface area contributed by atoms with Gasteiger partial charge in [-0.05, 0) is 30.2 Å². The van der Waals surface area contributed by atoms with Crippen LogP contribution < -0.4 is 5.32 Å². The summed E-state index contributed by atoms with van der Waals surface area (Å²) in [6.45, 7) is 4.45. The number of nitrogens with zero attached hydrogens (tertiary/aromatic N) is 3. The molecule has 1 aliphatic heterocycles. The topological polar surface area (TPSA) is 53.3 Å². The molecule has 0 bridgehead atoms. The molecule has 2 aromatic carbocycles. The molecule has 3 aromatic rings. The monoisotopic (exact) mass is 384 g/mol. The van der Waals surface area contributed by atoms with E-state index >= 15 is 0 Å². The Balaban J connectivity index is 1.39. The Labute approximate surface area is 164 Å². The number of hydrogen-bond acceptors (Lipinski definition) is 4. The molecule has 0 amide bonds. The molecule has 0 saturated carbocycles. The van der Waals surface area contributed by atoms with Gasteiger partial charge in [-0.15, -0.1) is 0 Å².